The summed E-state index contributed by atoms with van der Waals surface area (Å²) in [4.78, 5) is 11.3. The van der Waals surface area contributed by atoms with E-state index in [1.807, 2.05) is 0 Å². The molecule has 0 N–H and O–H groups in total. The van der Waals surface area contributed by atoms with Gasteiger partial charge in [-0.1, -0.05) is 12.1 Å². The fraction of sp³-hybridized carbons (Fsp3) is 0.294. The van der Waals surface area contributed by atoms with Gasteiger partial charge in [-0.3, -0.25) is 9.48 Å². The van der Waals surface area contributed by atoms with E-state index in [2.05, 4.69) is 9.84 Å². The Labute approximate surface area is 146 Å². The molecule has 0 radical (unpaired) electrons. The van der Waals surface area contributed by atoms with Gasteiger partial charge in [0.1, 0.15) is 6.26 Å². The Morgan fingerprint density at radius 1 is 1.35 bits per heavy atom. The first-order valence-corrected chi connectivity index (χ1v) is 7.60. The van der Waals surface area contributed by atoms with E-state index < -0.39 is 17.8 Å². The number of hydrogen-bond donors (Lipinski definition) is 0. The van der Waals surface area contributed by atoms with Crippen molar-refractivity contribution in [3.05, 3.63) is 59.6 Å². The van der Waals surface area contributed by atoms with Crippen LogP contribution in [0.5, 0.6) is 5.75 Å². The molecule has 140 valence electrons. The first kappa shape index (κ1) is 19.5. The monoisotopic (exact) mass is 372 g/mol. The summed E-state index contributed by atoms with van der Waals surface area (Å²) in [6, 6.07) is 4.07. The highest BCUT2D eigenvalue weighted by atomic mass is 19.4. The molecule has 0 aliphatic heterocycles. The summed E-state index contributed by atoms with van der Waals surface area (Å²) in [6.45, 7) is 2.53. The molecule has 5 nitrogen and oxygen atoms in total. The second-order valence-electron chi connectivity index (χ2n) is 5.24. The van der Waals surface area contributed by atoms with Crippen LogP contribution in [0.3, 0.4) is 0 Å². The molecule has 0 aliphatic carbocycles. The van der Waals surface area contributed by atoms with Crippen molar-refractivity contribution in [3.8, 4) is 5.75 Å². The van der Waals surface area contributed by atoms with Gasteiger partial charge in [0.05, 0.1) is 24.9 Å². The minimum atomic E-state index is -4.75. The number of carbonyl (C=O) groups excluding carboxylic acids is 1. The SMILES string of the molecule is CCO/C(=C\Oc1cccc(Cn2cc(C(C)=O)cn2)c1F)C(F)(F)F. The summed E-state index contributed by atoms with van der Waals surface area (Å²) in [5.74, 6) is -2.76. The third kappa shape index (κ3) is 4.84. The van der Waals surface area contributed by atoms with E-state index in [1.165, 1.54) is 49.1 Å². The largest absolute Gasteiger partial charge is 0.487 e. The zero-order valence-corrected chi connectivity index (χ0v) is 14.0. The maximum Gasteiger partial charge on any atom is 0.452 e. The minimum Gasteiger partial charge on any atom is -0.487 e. The van der Waals surface area contributed by atoms with Crippen LogP contribution in [0.4, 0.5) is 17.6 Å². The Morgan fingerprint density at radius 3 is 2.65 bits per heavy atom. The number of alkyl halides is 3. The summed E-state index contributed by atoms with van der Waals surface area (Å²) in [5, 5.41) is 3.94. The second-order valence-corrected chi connectivity index (χ2v) is 5.24. The molecule has 9 heteroatoms. The number of aromatic nitrogens is 2. The topological polar surface area (TPSA) is 53.4 Å². The van der Waals surface area contributed by atoms with Crippen molar-refractivity contribution in [2.45, 2.75) is 26.6 Å². The lowest BCUT2D eigenvalue weighted by Crippen LogP contribution is -2.16. The van der Waals surface area contributed by atoms with Gasteiger partial charge in [-0.15, -0.1) is 0 Å². The van der Waals surface area contributed by atoms with Gasteiger partial charge in [0.2, 0.25) is 5.76 Å². The predicted octanol–water partition coefficient (Wildman–Crippen LogP) is 4.09. The van der Waals surface area contributed by atoms with Crippen molar-refractivity contribution in [2.75, 3.05) is 6.61 Å². The van der Waals surface area contributed by atoms with E-state index in [9.17, 15) is 22.4 Å². The molecule has 0 atom stereocenters. The lowest BCUT2D eigenvalue weighted by molar-refractivity contribution is -0.132. The van der Waals surface area contributed by atoms with Crippen molar-refractivity contribution in [1.82, 2.24) is 9.78 Å². The van der Waals surface area contributed by atoms with Gasteiger partial charge in [-0.25, -0.2) is 4.39 Å². The maximum absolute atomic E-state index is 14.5. The van der Waals surface area contributed by atoms with Crippen LogP contribution in [0.15, 0.2) is 42.6 Å². The average molecular weight is 372 g/mol. The highest BCUT2D eigenvalue weighted by Crippen LogP contribution is 2.28. The molecule has 26 heavy (non-hydrogen) atoms. The standard InChI is InChI=1S/C17H16F4N2O3/c1-3-25-15(17(19,20)21)10-26-14-6-4-5-12(16(14)18)8-23-9-13(7-22-23)11(2)24/h4-7,9-10H,3,8H2,1-2H3/b15-10-. The fourth-order valence-electron chi connectivity index (χ4n) is 2.03. The molecule has 0 amide bonds. The fourth-order valence-corrected chi connectivity index (χ4v) is 2.03. The van der Waals surface area contributed by atoms with E-state index in [0.717, 1.165) is 0 Å². The number of ketones is 1. The van der Waals surface area contributed by atoms with Crippen LogP contribution in [0.2, 0.25) is 0 Å². The smallest absolute Gasteiger partial charge is 0.452 e. The quantitative estimate of drug-likeness (QED) is 0.417. The number of benzene rings is 1. The first-order valence-electron chi connectivity index (χ1n) is 7.60. The van der Waals surface area contributed by atoms with Gasteiger partial charge >= 0.3 is 6.18 Å². The zero-order valence-electron chi connectivity index (χ0n) is 14.0. The van der Waals surface area contributed by atoms with Crippen molar-refractivity contribution >= 4 is 5.78 Å². The molecule has 1 aromatic carbocycles. The van der Waals surface area contributed by atoms with Crippen LogP contribution in [0, 0.1) is 5.82 Å². The molecule has 0 saturated heterocycles. The summed E-state index contributed by atoms with van der Waals surface area (Å²) in [7, 11) is 0. The average Bonchev–Trinajstić information content (AvgIpc) is 3.02. The van der Waals surface area contributed by atoms with Crippen LogP contribution < -0.4 is 4.74 Å². The number of halogens is 4. The summed E-state index contributed by atoms with van der Waals surface area (Å²) in [5.41, 5.74) is 0.506. The molecule has 2 aromatic rings. The van der Waals surface area contributed by atoms with E-state index in [-0.39, 0.29) is 30.2 Å². The molecule has 0 saturated carbocycles. The van der Waals surface area contributed by atoms with Crippen LogP contribution in [0.25, 0.3) is 0 Å². The van der Waals surface area contributed by atoms with Gasteiger partial charge < -0.3 is 9.47 Å². The van der Waals surface area contributed by atoms with E-state index in [4.69, 9.17) is 4.74 Å². The van der Waals surface area contributed by atoms with Crippen LogP contribution >= 0.6 is 0 Å². The normalized spacial score (nSPS) is 12.2. The molecule has 0 bridgehead atoms. The number of rotatable bonds is 7. The second kappa shape index (κ2) is 8.03. The Balaban J connectivity index is 2.21. The number of carbonyl (C=O) groups is 1. The van der Waals surface area contributed by atoms with Crippen molar-refractivity contribution in [2.24, 2.45) is 0 Å². The van der Waals surface area contributed by atoms with Crippen LogP contribution in [-0.4, -0.2) is 28.3 Å². The highest BCUT2D eigenvalue weighted by Gasteiger charge is 2.36. The van der Waals surface area contributed by atoms with Gasteiger partial charge in [0, 0.05) is 11.8 Å². The van der Waals surface area contributed by atoms with Crippen LogP contribution in [-0.2, 0) is 11.3 Å². The Bertz CT molecular complexity index is 813. The number of Topliss-reactive ketones (excluding diaryl/α,β-unsaturated/α-hetero) is 1. The van der Waals surface area contributed by atoms with E-state index >= 15 is 0 Å². The molecule has 1 aromatic heterocycles. The molecule has 0 unspecified atom stereocenters. The number of hydrogen-bond acceptors (Lipinski definition) is 4. The van der Waals surface area contributed by atoms with Gasteiger partial charge in [-0.05, 0) is 19.9 Å². The van der Waals surface area contributed by atoms with Crippen molar-refractivity contribution < 1.29 is 31.8 Å². The Hall–Kier alpha value is -2.84. The Morgan fingerprint density at radius 2 is 2.08 bits per heavy atom. The molecule has 0 aliphatic rings. The zero-order chi connectivity index (χ0) is 19.3. The highest BCUT2D eigenvalue weighted by molar-refractivity contribution is 5.93. The lowest BCUT2D eigenvalue weighted by atomic mass is 10.2. The minimum absolute atomic E-state index is 0.0163. The number of allylic oxidation sites excluding steroid dienone is 1. The first-order chi connectivity index (χ1) is 12.2. The predicted molar refractivity (Wildman–Crippen MR) is 84.1 cm³/mol. The summed E-state index contributed by atoms with van der Waals surface area (Å²) < 4.78 is 63.3. The van der Waals surface area contributed by atoms with Gasteiger partial charge in [0.15, 0.2) is 17.3 Å². The van der Waals surface area contributed by atoms with E-state index in [1.54, 1.807) is 0 Å². The number of nitrogens with zero attached hydrogens (tertiary/aromatic N) is 2. The summed E-state index contributed by atoms with van der Waals surface area (Å²) in [6.07, 6.45) is -1.62. The molecule has 2 rings (SSSR count). The van der Waals surface area contributed by atoms with Crippen molar-refractivity contribution in [3.63, 3.8) is 0 Å². The lowest BCUT2D eigenvalue weighted by Gasteiger charge is -2.13. The maximum atomic E-state index is 14.5. The van der Waals surface area contributed by atoms with Crippen LogP contribution in [0.1, 0.15) is 29.8 Å². The van der Waals surface area contributed by atoms with Gasteiger partial charge in [0.25, 0.3) is 0 Å². The van der Waals surface area contributed by atoms with Crippen molar-refractivity contribution in [1.29, 1.82) is 0 Å². The summed E-state index contributed by atoms with van der Waals surface area (Å²) >= 11 is 0. The molecule has 0 spiro atoms. The third-order valence-electron chi connectivity index (χ3n) is 3.29. The molecule has 0 fully saturated rings. The molecular weight excluding hydrogens is 356 g/mol. The molecular formula is C17H16F4N2O3. The molecule has 1 heterocycles. The third-order valence-corrected chi connectivity index (χ3v) is 3.29. The van der Waals surface area contributed by atoms with Gasteiger partial charge in [-0.2, -0.15) is 18.3 Å². The Kier molecular flexibility index (Phi) is 6.01. The number of ether oxygens (including phenoxy) is 2. The van der Waals surface area contributed by atoms with E-state index in [0.29, 0.717) is 11.8 Å².